The number of rotatable bonds is 4. The Hall–Kier alpha value is -1.36. The lowest BCUT2D eigenvalue weighted by Crippen LogP contribution is -2.39. The Morgan fingerprint density at radius 2 is 2.56 bits per heavy atom. The molecule has 0 aromatic carbocycles. The van der Waals surface area contributed by atoms with E-state index in [9.17, 15) is 9.90 Å². The maximum Gasteiger partial charge on any atom is 0.222 e. The third-order valence-electron chi connectivity index (χ3n) is 3.51. The Bertz CT molecular complexity index is 376. The zero-order chi connectivity index (χ0) is 13.0. The number of carbonyl (C=O) groups is 1. The first-order valence-electron chi connectivity index (χ1n) is 6.62. The average Bonchev–Trinajstić information content (AvgIpc) is 2.90. The Labute approximate surface area is 107 Å². The molecule has 1 aliphatic rings. The molecule has 2 heterocycles. The number of piperidine rings is 1. The molecule has 1 saturated heterocycles. The smallest absolute Gasteiger partial charge is 0.222 e. The van der Waals surface area contributed by atoms with Crippen molar-refractivity contribution in [3.05, 3.63) is 18.0 Å². The highest BCUT2D eigenvalue weighted by Gasteiger charge is 2.25. The summed E-state index contributed by atoms with van der Waals surface area (Å²) in [4.78, 5) is 13.9. The van der Waals surface area contributed by atoms with Crippen molar-refractivity contribution in [2.75, 3.05) is 13.1 Å². The van der Waals surface area contributed by atoms with Crippen molar-refractivity contribution in [3.63, 3.8) is 0 Å². The SMILES string of the molecule is CC(O)CCC(=O)N1CCCC(c2ccn[nH]2)C1. The van der Waals surface area contributed by atoms with Crippen LogP contribution in [0.5, 0.6) is 0 Å². The fourth-order valence-electron chi connectivity index (χ4n) is 2.44. The highest BCUT2D eigenvalue weighted by atomic mass is 16.3. The normalized spacial score (nSPS) is 21.9. The molecule has 2 rings (SSSR count). The van der Waals surface area contributed by atoms with E-state index in [0.717, 1.165) is 31.6 Å². The highest BCUT2D eigenvalue weighted by Crippen LogP contribution is 2.25. The second-order valence-electron chi connectivity index (χ2n) is 5.08. The van der Waals surface area contributed by atoms with Crippen LogP contribution in [0.3, 0.4) is 0 Å². The van der Waals surface area contributed by atoms with E-state index in [1.54, 1.807) is 13.1 Å². The van der Waals surface area contributed by atoms with Gasteiger partial charge in [-0.2, -0.15) is 5.10 Å². The molecule has 1 fully saturated rings. The van der Waals surface area contributed by atoms with Crippen molar-refractivity contribution in [3.8, 4) is 0 Å². The minimum Gasteiger partial charge on any atom is -0.393 e. The second kappa shape index (κ2) is 6.00. The number of hydrogen-bond donors (Lipinski definition) is 2. The Kier molecular flexibility index (Phi) is 4.36. The Morgan fingerprint density at radius 3 is 3.22 bits per heavy atom. The first-order valence-corrected chi connectivity index (χ1v) is 6.62. The number of aromatic nitrogens is 2. The molecule has 18 heavy (non-hydrogen) atoms. The van der Waals surface area contributed by atoms with E-state index in [1.807, 2.05) is 11.0 Å². The van der Waals surface area contributed by atoms with E-state index in [0.29, 0.717) is 18.8 Å². The van der Waals surface area contributed by atoms with Gasteiger partial charge in [0.15, 0.2) is 0 Å². The minimum atomic E-state index is -0.401. The summed E-state index contributed by atoms with van der Waals surface area (Å²) in [5.41, 5.74) is 1.11. The van der Waals surface area contributed by atoms with Crippen LogP contribution in [0.2, 0.25) is 0 Å². The number of amides is 1. The molecule has 1 aromatic heterocycles. The van der Waals surface area contributed by atoms with E-state index in [1.165, 1.54) is 0 Å². The highest BCUT2D eigenvalue weighted by molar-refractivity contribution is 5.76. The molecule has 1 amide bonds. The molecule has 0 radical (unpaired) electrons. The maximum absolute atomic E-state index is 12.0. The van der Waals surface area contributed by atoms with Crippen molar-refractivity contribution in [2.45, 2.75) is 44.6 Å². The number of likely N-dealkylation sites (tertiary alicyclic amines) is 1. The Morgan fingerprint density at radius 1 is 1.72 bits per heavy atom. The van der Waals surface area contributed by atoms with Crippen LogP contribution in [0.1, 0.15) is 44.2 Å². The molecule has 2 N–H and O–H groups in total. The molecule has 5 nitrogen and oxygen atoms in total. The summed E-state index contributed by atoms with van der Waals surface area (Å²) < 4.78 is 0. The third-order valence-corrected chi connectivity index (χ3v) is 3.51. The van der Waals surface area contributed by atoms with Gasteiger partial charge in [0.2, 0.25) is 5.91 Å². The predicted octanol–water partition coefficient (Wildman–Crippen LogP) is 1.28. The van der Waals surface area contributed by atoms with Crippen LogP contribution in [-0.2, 0) is 4.79 Å². The van der Waals surface area contributed by atoms with Crippen LogP contribution in [0.4, 0.5) is 0 Å². The summed E-state index contributed by atoms with van der Waals surface area (Å²) in [6.07, 6.45) is 4.47. The maximum atomic E-state index is 12.0. The first kappa shape index (κ1) is 13.1. The molecule has 1 aliphatic heterocycles. The molecule has 2 unspecified atom stereocenters. The summed E-state index contributed by atoms with van der Waals surface area (Å²) in [6, 6.07) is 1.98. The lowest BCUT2D eigenvalue weighted by Gasteiger charge is -2.32. The summed E-state index contributed by atoms with van der Waals surface area (Å²) in [6.45, 7) is 3.32. The molecule has 0 bridgehead atoms. The summed E-state index contributed by atoms with van der Waals surface area (Å²) in [5.74, 6) is 0.525. The number of aliphatic hydroxyl groups is 1. The van der Waals surface area contributed by atoms with Crippen molar-refractivity contribution in [2.24, 2.45) is 0 Å². The molecule has 100 valence electrons. The van der Waals surface area contributed by atoms with E-state index < -0.39 is 6.10 Å². The largest absolute Gasteiger partial charge is 0.393 e. The molecular weight excluding hydrogens is 230 g/mol. The summed E-state index contributed by atoms with van der Waals surface area (Å²) >= 11 is 0. The van der Waals surface area contributed by atoms with Crippen LogP contribution in [0.15, 0.2) is 12.3 Å². The van der Waals surface area contributed by atoms with Crippen molar-refractivity contribution in [1.29, 1.82) is 0 Å². The lowest BCUT2D eigenvalue weighted by molar-refractivity contribution is -0.133. The van der Waals surface area contributed by atoms with Gasteiger partial charge in [0, 0.05) is 37.3 Å². The molecule has 2 atom stereocenters. The van der Waals surface area contributed by atoms with E-state index in [4.69, 9.17) is 0 Å². The van der Waals surface area contributed by atoms with Crippen molar-refractivity contribution >= 4 is 5.91 Å². The number of hydrogen-bond acceptors (Lipinski definition) is 3. The van der Waals surface area contributed by atoms with Gasteiger partial charge in [-0.25, -0.2) is 0 Å². The van der Waals surface area contributed by atoms with Gasteiger partial charge in [-0.3, -0.25) is 9.89 Å². The quantitative estimate of drug-likeness (QED) is 0.847. The second-order valence-corrected chi connectivity index (χ2v) is 5.08. The van der Waals surface area contributed by atoms with E-state index in [-0.39, 0.29) is 5.91 Å². The van der Waals surface area contributed by atoms with Crippen LogP contribution < -0.4 is 0 Å². The minimum absolute atomic E-state index is 0.153. The summed E-state index contributed by atoms with van der Waals surface area (Å²) in [7, 11) is 0. The van der Waals surface area contributed by atoms with Crippen molar-refractivity contribution < 1.29 is 9.90 Å². The van der Waals surface area contributed by atoms with Gasteiger partial charge in [-0.1, -0.05) is 0 Å². The van der Waals surface area contributed by atoms with Crippen LogP contribution >= 0.6 is 0 Å². The third kappa shape index (κ3) is 3.32. The van der Waals surface area contributed by atoms with Gasteiger partial charge in [-0.05, 0) is 32.3 Å². The molecule has 0 saturated carbocycles. The molecular formula is C13H21N3O2. The molecule has 5 heteroatoms. The fourth-order valence-corrected chi connectivity index (χ4v) is 2.44. The number of aromatic amines is 1. The van der Waals surface area contributed by atoms with Crippen molar-refractivity contribution in [1.82, 2.24) is 15.1 Å². The number of aliphatic hydroxyl groups excluding tert-OH is 1. The van der Waals surface area contributed by atoms with Gasteiger partial charge in [0.05, 0.1) is 6.10 Å². The average molecular weight is 251 g/mol. The Balaban J connectivity index is 1.88. The molecule has 0 spiro atoms. The van der Waals surface area contributed by atoms with Gasteiger partial charge in [0.25, 0.3) is 0 Å². The number of nitrogens with one attached hydrogen (secondary N) is 1. The van der Waals surface area contributed by atoms with Gasteiger partial charge < -0.3 is 10.0 Å². The zero-order valence-corrected chi connectivity index (χ0v) is 10.8. The monoisotopic (exact) mass is 251 g/mol. The van der Waals surface area contributed by atoms with Gasteiger partial charge in [-0.15, -0.1) is 0 Å². The van der Waals surface area contributed by atoms with Gasteiger partial charge >= 0.3 is 0 Å². The number of carbonyl (C=O) groups excluding carboxylic acids is 1. The van der Waals surface area contributed by atoms with E-state index in [2.05, 4.69) is 10.2 Å². The zero-order valence-electron chi connectivity index (χ0n) is 10.8. The standard InChI is InChI=1S/C13H21N3O2/c1-10(17)4-5-13(18)16-8-2-3-11(9-16)12-6-7-14-15-12/h6-7,10-11,17H,2-5,8-9H2,1H3,(H,14,15). The van der Waals surface area contributed by atoms with E-state index >= 15 is 0 Å². The topological polar surface area (TPSA) is 69.2 Å². The molecule has 1 aromatic rings. The summed E-state index contributed by atoms with van der Waals surface area (Å²) in [5, 5.41) is 16.2. The first-order chi connectivity index (χ1) is 8.66. The van der Waals surface area contributed by atoms with Crippen LogP contribution in [0, 0.1) is 0 Å². The van der Waals surface area contributed by atoms with Crippen LogP contribution in [0.25, 0.3) is 0 Å². The predicted molar refractivity (Wildman–Crippen MR) is 68.1 cm³/mol. The van der Waals surface area contributed by atoms with Gasteiger partial charge in [0.1, 0.15) is 0 Å². The molecule has 0 aliphatic carbocycles. The van der Waals surface area contributed by atoms with Crippen LogP contribution in [-0.4, -0.2) is 45.3 Å². The number of H-pyrrole nitrogens is 1. The fraction of sp³-hybridized carbons (Fsp3) is 0.692. The number of nitrogens with zero attached hydrogens (tertiary/aromatic N) is 2. The lowest BCUT2D eigenvalue weighted by atomic mass is 9.94.